The average molecular weight is 288 g/mol. The minimum atomic E-state index is -0.0910. The molecule has 1 aliphatic heterocycles. The monoisotopic (exact) mass is 287 g/mol. The number of hydrogen-bond acceptors (Lipinski definition) is 2. The summed E-state index contributed by atoms with van der Waals surface area (Å²) in [5, 5.41) is 0.625. The van der Waals surface area contributed by atoms with Gasteiger partial charge < -0.3 is 9.64 Å². The minimum absolute atomic E-state index is 0.00284. The van der Waals surface area contributed by atoms with Gasteiger partial charge in [-0.2, -0.15) is 0 Å². The molecule has 0 aromatic heterocycles. The summed E-state index contributed by atoms with van der Waals surface area (Å²) < 4.78 is 5.62. The zero-order valence-corrected chi connectivity index (χ0v) is 11.6. The third kappa shape index (κ3) is 3.16. The molecule has 98 valence electrons. The fraction of sp³-hybridized carbons (Fsp3) is 0.462. The summed E-state index contributed by atoms with van der Waals surface area (Å²) in [6.07, 6.45) is -0.0783. The van der Waals surface area contributed by atoms with Crippen molar-refractivity contribution in [2.75, 3.05) is 19.0 Å². The van der Waals surface area contributed by atoms with Crippen molar-refractivity contribution in [3.8, 4) is 0 Å². The second-order valence-corrected chi connectivity index (χ2v) is 5.19. The average Bonchev–Trinajstić information content (AvgIpc) is 2.38. The van der Waals surface area contributed by atoms with Gasteiger partial charge in [0, 0.05) is 23.7 Å². The molecule has 0 bridgehead atoms. The molecule has 0 N–H and O–H groups in total. The Morgan fingerprint density at radius 1 is 1.39 bits per heavy atom. The van der Waals surface area contributed by atoms with E-state index in [2.05, 4.69) is 0 Å². The van der Waals surface area contributed by atoms with Crippen LogP contribution in [0.25, 0.3) is 0 Å². The van der Waals surface area contributed by atoms with Crippen molar-refractivity contribution in [1.29, 1.82) is 0 Å². The van der Waals surface area contributed by atoms with E-state index in [-0.39, 0.29) is 18.1 Å². The number of hydrogen-bond donors (Lipinski definition) is 0. The molecule has 0 aliphatic carbocycles. The number of benzene rings is 1. The lowest BCUT2D eigenvalue weighted by Crippen LogP contribution is -2.49. The van der Waals surface area contributed by atoms with E-state index in [0.29, 0.717) is 29.6 Å². The van der Waals surface area contributed by atoms with Crippen LogP contribution in [-0.4, -0.2) is 42.0 Å². The first-order valence-corrected chi connectivity index (χ1v) is 6.77. The van der Waals surface area contributed by atoms with Crippen LogP contribution in [0.15, 0.2) is 24.3 Å². The zero-order valence-electron chi connectivity index (χ0n) is 10.1. The zero-order chi connectivity index (χ0) is 13.1. The number of halogens is 2. The first-order valence-electron chi connectivity index (χ1n) is 5.86. The fourth-order valence-corrected chi connectivity index (χ4v) is 2.37. The molecule has 1 amide bonds. The highest BCUT2D eigenvalue weighted by Crippen LogP contribution is 2.17. The van der Waals surface area contributed by atoms with Gasteiger partial charge in [0.25, 0.3) is 5.91 Å². The molecule has 0 spiro atoms. The Balaban J connectivity index is 2.10. The van der Waals surface area contributed by atoms with Gasteiger partial charge in [-0.3, -0.25) is 4.79 Å². The van der Waals surface area contributed by atoms with E-state index in [9.17, 15) is 4.79 Å². The lowest BCUT2D eigenvalue weighted by Gasteiger charge is -2.36. The number of carbonyl (C=O) groups is 1. The van der Waals surface area contributed by atoms with E-state index in [1.165, 1.54) is 0 Å². The number of rotatable bonds is 2. The van der Waals surface area contributed by atoms with Crippen molar-refractivity contribution in [3.63, 3.8) is 0 Å². The molecule has 3 nitrogen and oxygen atoms in total. The SMILES string of the molecule is CC1CN(C(=O)c2ccc(Cl)cc2)CC(CCl)O1. The Hall–Kier alpha value is -0.770. The molecule has 0 saturated carbocycles. The van der Waals surface area contributed by atoms with Gasteiger partial charge in [0.15, 0.2) is 0 Å². The fourth-order valence-electron chi connectivity index (χ4n) is 2.07. The summed E-state index contributed by atoms with van der Waals surface area (Å²) in [5.41, 5.74) is 0.641. The summed E-state index contributed by atoms with van der Waals surface area (Å²) in [7, 11) is 0. The van der Waals surface area contributed by atoms with Gasteiger partial charge in [0.05, 0.1) is 18.1 Å². The van der Waals surface area contributed by atoms with Crippen LogP contribution in [0, 0.1) is 0 Å². The summed E-state index contributed by atoms with van der Waals surface area (Å²) in [4.78, 5) is 14.1. The van der Waals surface area contributed by atoms with Crippen molar-refractivity contribution >= 4 is 29.1 Å². The van der Waals surface area contributed by atoms with Crippen molar-refractivity contribution in [3.05, 3.63) is 34.9 Å². The number of carbonyl (C=O) groups excluding carboxylic acids is 1. The molecule has 2 unspecified atom stereocenters. The van der Waals surface area contributed by atoms with Crippen molar-refractivity contribution in [2.45, 2.75) is 19.1 Å². The smallest absolute Gasteiger partial charge is 0.254 e. The quantitative estimate of drug-likeness (QED) is 0.783. The molecule has 1 heterocycles. The Morgan fingerprint density at radius 3 is 2.67 bits per heavy atom. The van der Waals surface area contributed by atoms with Gasteiger partial charge in [-0.15, -0.1) is 11.6 Å². The van der Waals surface area contributed by atoms with Crippen LogP contribution >= 0.6 is 23.2 Å². The highest BCUT2D eigenvalue weighted by Gasteiger charge is 2.28. The molecule has 1 aliphatic rings. The van der Waals surface area contributed by atoms with E-state index in [0.717, 1.165) is 0 Å². The molecule has 5 heteroatoms. The predicted octanol–water partition coefficient (Wildman–Crippen LogP) is 2.81. The maximum atomic E-state index is 12.3. The van der Waals surface area contributed by atoms with Crippen LogP contribution in [-0.2, 0) is 4.74 Å². The molecule has 1 aromatic carbocycles. The summed E-state index contributed by atoms with van der Waals surface area (Å²) >= 11 is 11.6. The van der Waals surface area contributed by atoms with Gasteiger partial charge in [0.1, 0.15) is 0 Å². The maximum Gasteiger partial charge on any atom is 0.254 e. The van der Waals surface area contributed by atoms with Gasteiger partial charge in [-0.05, 0) is 31.2 Å². The standard InChI is InChI=1S/C13H15Cl2NO2/c1-9-7-16(8-12(6-14)18-9)13(17)10-2-4-11(15)5-3-10/h2-5,9,12H,6-8H2,1H3. The van der Waals surface area contributed by atoms with Crippen LogP contribution in [0.4, 0.5) is 0 Å². The molecule has 1 saturated heterocycles. The second-order valence-electron chi connectivity index (χ2n) is 4.44. The Labute approximate surface area is 117 Å². The molecule has 2 rings (SSSR count). The lowest BCUT2D eigenvalue weighted by molar-refractivity contribution is -0.0570. The van der Waals surface area contributed by atoms with Gasteiger partial charge in [-0.25, -0.2) is 0 Å². The van der Waals surface area contributed by atoms with Gasteiger partial charge in [0.2, 0.25) is 0 Å². The van der Waals surface area contributed by atoms with Crippen molar-refractivity contribution in [1.82, 2.24) is 4.90 Å². The molecule has 1 fully saturated rings. The Morgan fingerprint density at radius 2 is 2.06 bits per heavy atom. The lowest BCUT2D eigenvalue weighted by atomic mass is 10.1. The van der Waals surface area contributed by atoms with Crippen LogP contribution in [0.3, 0.4) is 0 Å². The highest BCUT2D eigenvalue weighted by atomic mass is 35.5. The topological polar surface area (TPSA) is 29.5 Å². The number of amides is 1. The van der Waals surface area contributed by atoms with Crippen LogP contribution in [0.2, 0.25) is 5.02 Å². The van der Waals surface area contributed by atoms with Gasteiger partial charge >= 0.3 is 0 Å². The Bertz CT molecular complexity index is 422. The highest BCUT2D eigenvalue weighted by molar-refractivity contribution is 6.30. The van der Waals surface area contributed by atoms with E-state index < -0.39 is 0 Å². The summed E-state index contributed by atoms with van der Waals surface area (Å²) in [5.74, 6) is 0.395. The third-order valence-electron chi connectivity index (χ3n) is 2.88. The van der Waals surface area contributed by atoms with Crippen LogP contribution in [0.5, 0.6) is 0 Å². The van der Waals surface area contributed by atoms with Crippen LogP contribution in [0.1, 0.15) is 17.3 Å². The summed E-state index contributed by atoms with van der Waals surface area (Å²) in [6, 6.07) is 6.91. The van der Waals surface area contributed by atoms with E-state index >= 15 is 0 Å². The van der Waals surface area contributed by atoms with Crippen molar-refractivity contribution < 1.29 is 9.53 Å². The molecule has 2 atom stereocenters. The van der Waals surface area contributed by atoms with Crippen molar-refractivity contribution in [2.24, 2.45) is 0 Å². The van der Waals surface area contributed by atoms with Gasteiger partial charge in [-0.1, -0.05) is 11.6 Å². The number of nitrogens with zero attached hydrogens (tertiary/aromatic N) is 1. The molecule has 1 aromatic rings. The minimum Gasteiger partial charge on any atom is -0.370 e. The molecular formula is C13H15Cl2NO2. The number of morpholine rings is 1. The largest absolute Gasteiger partial charge is 0.370 e. The summed E-state index contributed by atoms with van der Waals surface area (Å²) in [6.45, 7) is 3.07. The molecule has 0 radical (unpaired) electrons. The van der Waals surface area contributed by atoms with E-state index in [1.807, 2.05) is 6.92 Å². The van der Waals surface area contributed by atoms with E-state index in [4.69, 9.17) is 27.9 Å². The second kappa shape index (κ2) is 5.91. The van der Waals surface area contributed by atoms with Crippen LogP contribution < -0.4 is 0 Å². The first-order chi connectivity index (χ1) is 8.60. The number of alkyl halides is 1. The first kappa shape index (κ1) is 13.7. The molecule has 18 heavy (non-hydrogen) atoms. The van der Waals surface area contributed by atoms with E-state index in [1.54, 1.807) is 29.2 Å². The Kier molecular flexibility index (Phi) is 4.49. The maximum absolute atomic E-state index is 12.3. The predicted molar refractivity (Wildman–Crippen MR) is 72.4 cm³/mol. The number of ether oxygens (including phenoxy) is 1. The third-order valence-corrected chi connectivity index (χ3v) is 3.47. The molecular weight excluding hydrogens is 273 g/mol. The normalized spacial score (nSPS) is 24.1.